The van der Waals surface area contributed by atoms with E-state index in [0.717, 1.165) is 17.7 Å². The number of carbonyl (C=O) groups excluding carboxylic acids is 1. The number of halogens is 1. The Bertz CT molecular complexity index is 528. The third kappa shape index (κ3) is 3.74. The molecule has 0 spiro atoms. The number of ether oxygens (including phenoxy) is 1. The molecule has 1 unspecified atom stereocenters. The van der Waals surface area contributed by atoms with Gasteiger partial charge in [-0.15, -0.1) is 0 Å². The lowest BCUT2D eigenvalue weighted by Gasteiger charge is -2.19. The summed E-state index contributed by atoms with van der Waals surface area (Å²) in [5, 5.41) is 12.3. The van der Waals surface area contributed by atoms with Crippen molar-refractivity contribution in [3.8, 4) is 5.75 Å². The molecule has 1 atom stereocenters. The first-order valence-corrected chi connectivity index (χ1v) is 7.02. The molecule has 2 rings (SSSR count). The summed E-state index contributed by atoms with van der Waals surface area (Å²) in [4.78, 5) is 12.1. The summed E-state index contributed by atoms with van der Waals surface area (Å²) >= 11 is 5.94. The molecule has 1 aliphatic heterocycles. The van der Waals surface area contributed by atoms with Crippen molar-refractivity contribution < 1.29 is 14.6 Å². The zero-order chi connectivity index (χ0) is 14.5. The predicted molar refractivity (Wildman–Crippen MR) is 78.8 cm³/mol. The first kappa shape index (κ1) is 14.9. The second-order valence-electron chi connectivity index (χ2n) is 4.88. The number of benzene rings is 1. The number of amides is 1. The van der Waals surface area contributed by atoms with Crippen LogP contribution in [0.3, 0.4) is 0 Å². The molecule has 1 heterocycles. The normalized spacial score (nSPS) is 14.8. The Hall–Kier alpha value is -1.52. The van der Waals surface area contributed by atoms with Gasteiger partial charge in [0.15, 0.2) is 0 Å². The third-order valence-electron chi connectivity index (χ3n) is 3.15. The monoisotopic (exact) mass is 295 g/mol. The van der Waals surface area contributed by atoms with Gasteiger partial charge < -0.3 is 15.2 Å². The Balaban J connectivity index is 2.04. The van der Waals surface area contributed by atoms with E-state index in [1.807, 2.05) is 6.92 Å². The van der Waals surface area contributed by atoms with Crippen LogP contribution in [0.2, 0.25) is 5.02 Å². The van der Waals surface area contributed by atoms with Gasteiger partial charge in [0.25, 0.3) is 5.91 Å². The molecule has 0 saturated heterocycles. The number of fused-ring (bicyclic) bond motifs is 1. The highest BCUT2D eigenvalue weighted by Gasteiger charge is 2.18. The van der Waals surface area contributed by atoms with Crippen molar-refractivity contribution in [2.75, 3.05) is 13.2 Å². The molecule has 5 heteroatoms. The molecule has 108 valence electrons. The number of hydrogen-bond donors (Lipinski definition) is 2. The first-order valence-electron chi connectivity index (χ1n) is 6.65. The fourth-order valence-electron chi connectivity index (χ4n) is 2.07. The largest absolute Gasteiger partial charge is 0.488 e. The van der Waals surface area contributed by atoms with Crippen molar-refractivity contribution in [2.24, 2.45) is 0 Å². The van der Waals surface area contributed by atoms with Crippen molar-refractivity contribution in [1.29, 1.82) is 0 Å². The standard InChI is InChI=1S/C15H18ClNO3/c1-10(3-2-6-18)17-15(19)12-7-11-8-13(16)4-5-14(11)20-9-12/h4-5,7-8,10,18H,2-3,6,9H2,1H3,(H,17,19). The summed E-state index contributed by atoms with van der Waals surface area (Å²) < 4.78 is 5.55. The fourth-order valence-corrected chi connectivity index (χ4v) is 2.25. The average molecular weight is 296 g/mol. The lowest BCUT2D eigenvalue weighted by molar-refractivity contribution is -0.118. The average Bonchev–Trinajstić information content (AvgIpc) is 2.44. The molecular formula is C15H18ClNO3. The molecule has 0 radical (unpaired) electrons. The minimum atomic E-state index is -0.138. The summed E-state index contributed by atoms with van der Waals surface area (Å²) in [5.74, 6) is 0.598. The van der Waals surface area contributed by atoms with Crippen LogP contribution >= 0.6 is 11.6 Å². The van der Waals surface area contributed by atoms with Crippen molar-refractivity contribution in [3.63, 3.8) is 0 Å². The number of rotatable bonds is 5. The zero-order valence-electron chi connectivity index (χ0n) is 11.4. The molecule has 1 aromatic carbocycles. The number of hydrogen-bond acceptors (Lipinski definition) is 3. The van der Waals surface area contributed by atoms with Crippen LogP contribution in [-0.2, 0) is 4.79 Å². The van der Waals surface area contributed by atoms with Crippen LogP contribution in [0, 0.1) is 0 Å². The molecule has 2 N–H and O–H groups in total. The molecule has 0 bridgehead atoms. The summed E-state index contributed by atoms with van der Waals surface area (Å²) in [6.45, 7) is 2.31. The SMILES string of the molecule is CC(CCCO)NC(=O)C1=Cc2cc(Cl)ccc2OC1. The van der Waals surface area contributed by atoms with E-state index in [1.54, 1.807) is 24.3 Å². The van der Waals surface area contributed by atoms with Gasteiger partial charge in [-0.2, -0.15) is 0 Å². The van der Waals surface area contributed by atoms with Gasteiger partial charge in [-0.1, -0.05) is 11.6 Å². The summed E-state index contributed by atoms with van der Waals surface area (Å²) in [7, 11) is 0. The summed E-state index contributed by atoms with van der Waals surface area (Å²) in [5.41, 5.74) is 1.40. The van der Waals surface area contributed by atoms with Crippen LogP contribution < -0.4 is 10.1 Å². The Morgan fingerprint density at radius 3 is 3.10 bits per heavy atom. The predicted octanol–water partition coefficient (Wildman–Crippen LogP) is 2.39. The lowest BCUT2D eigenvalue weighted by Crippen LogP contribution is -2.35. The fraction of sp³-hybridized carbons (Fsp3) is 0.400. The lowest BCUT2D eigenvalue weighted by atomic mass is 10.1. The number of nitrogens with one attached hydrogen (secondary N) is 1. The van der Waals surface area contributed by atoms with Crippen LogP contribution in [-0.4, -0.2) is 30.3 Å². The van der Waals surface area contributed by atoms with Gasteiger partial charge in [-0.3, -0.25) is 4.79 Å². The van der Waals surface area contributed by atoms with Crippen LogP contribution in [0.5, 0.6) is 5.75 Å². The minimum absolute atomic E-state index is 0.0244. The molecule has 4 nitrogen and oxygen atoms in total. The first-order chi connectivity index (χ1) is 9.60. The van der Waals surface area contributed by atoms with Crippen LogP contribution in [0.15, 0.2) is 23.8 Å². The van der Waals surface area contributed by atoms with Crippen LogP contribution in [0.1, 0.15) is 25.3 Å². The van der Waals surface area contributed by atoms with Gasteiger partial charge in [0.05, 0.1) is 5.57 Å². The minimum Gasteiger partial charge on any atom is -0.488 e. The number of aliphatic hydroxyl groups is 1. The topological polar surface area (TPSA) is 58.6 Å². The van der Waals surface area contributed by atoms with Crippen molar-refractivity contribution in [1.82, 2.24) is 5.32 Å². The van der Waals surface area contributed by atoms with Crippen LogP contribution in [0.25, 0.3) is 6.08 Å². The molecular weight excluding hydrogens is 278 g/mol. The van der Waals surface area contributed by atoms with E-state index in [-0.39, 0.29) is 25.2 Å². The van der Waals surface area contributed by atoms with Gasteiger partial charge >= 0.3 is 0 Å². The Kier molecular flexibility index (Phi) is 5.04. The highest BCUT2D eigenvalue weighted by molar-refractivity contribution is 6.30. The maximum Gasteiger partial charge on any atom is 0.250 e. The second-order valence-corrected chi connectivity index (χ2v) is 5.32. The highest BCUT2D eigenvalue weighted by atomic mass is 35.5. The van der Waals surface area contributed by atoms with Gasteiger partial charge in [0.1, 0.15) is 12.4 Å². The van der Waals surface area contributed by atoms with E-state index in [0.29, 0.717) is 17.0 Å². The van der Waals surface area contributed by atoms with Gasteiger partial charge in [0, 0.05) is 23.2 Å². The van der Waals surface area contributed by atoms with E-state index in [9.17, 15) is 4.79 Å². The molecule has 1 amide bonds. The molecule has 1 aromatic rings. The van der Waals surface area contributed by atoms with Crippen molar-refractivity contribution >= 4 is 23.6 Å². The van der Waals surface area contributed by atoms with E-state index >= 15 is 0 Å². The Morgan fingerprint density at radius 1 is 1.55 bits per heavy atom. The van der Waals surface area contributed by atoms with E-state index in [1.165, 1.54) is 0 Å². The number of carbonyl (C=O) groups is 1. The Labute approximate surface area is 123 Å². The number of aliphatic hydroxyl groups excluding tert-OH is 1. The maximum atomic E-state index is 12.1. The van der Waals surface area contributed by atoms with E-state index in [2.05, 4.69) is 5.32 Å². The summed E-state index contributed by atoms with van der Waals surface area (Å²) in [6, 6.07) is 5.36. The quantitative estimate of drug-likeness (QED) is 0.877. The van der Waals surface area contributed by atoms with E-state index < -0.39 is 0 Å². The Morgan fingerprint density at radius 2 is 2.35 bits per heavy atom. The molecule has 0 aromatic heterocycles. The van der Waals surface area contributed by atoms with Crippen molar-refractivity contribution in [2.45, 2.75) is 25.8 Å². The third-order valence-corrected chi connectivity index (χ3v) is 3.38. The zero-order valence-corrected chi connectivity index (χ0v) is 12.1. The summed E-state index contributed by atoms with van der Waals surface area (Å²) in [6.07, 6.45) is 3.23. The van der Waals surface area contributed by atoms with Gasteiger partial charge in [0.2, 0.25) is 0 Å². The highest BCUT2D eigenvalue weighted by Crippen LogP contribution is 2.28. The van der Waals surface area contributed by atoms with Gasteiger partial charge in [-0.25, -0.2) is 0 Å². The van der Waals surface area contributed by atoms with Gasteiger partial charge in [-0.05, 0) is 44.0 Å². The molecule has 1 aliphatic rings. The van der Waals surface area contributed by atoms with E-state index in [4.69, 9.17) is 21.4 Å². The molecule has 20 heavy (non-hydrogen) atoms. The molecule has 0 aliphatic carbocycles. The smallest absolute Gasteiger partial charge is 0.250 e. The van der Waals surface area contributed by atoms with Crippen LogP contribution in [0.4, 0.5) is 0 Å². The molecule has 0 saturated carbocycles. The van der Waals surface area contributed by atoms with Crippen molar-refractivity contribution in [3.05, 3.63) is 34.4 Å². The second kappa shape index (κ2) is 6.77. The molecule has 0 fully saturated rings. The maximum absolute atomic E-state index is 12.1.